The minimum Gasteiger partial charge on any atom is -0.497 e. The minimum atomic E-state index is -5.77. The van der Waals surface area contributed by atoms with Crippen molar-refractivity contribution in [1.29, 1.82) is 0 Å². The molecular weight excluding hydrogens is 811 g/mol. The molecule has 1 aliphatic carbocycles. The molecule has 6 heterocycles. The second-order valence-corrected chi connectivity index (χ2v) is 16.7. The van der Waals surface area contributed by atoms with Gasteiger partial charge in [-0.3, -0.25) is 0 Å². The molecule has 0 unspecified atom stereocenters. The first-order valence-electron chi connectivity index (χ1n) is 15.9. The van der Waals surface area contributed by atoms with Crippen LogP contribution in [0.3, 0.4) is 0 Å². The molecule has 0 N–H and O–H groups in total. The molecule has 0 amide bonds. The number of fused-ring (bicyclic) bond motifs is 2. The molecule has 55 heavy (non-hydrogen) atoms. The van der Waals surface area contributed by atoms with Crippen LogP contribution in [0.15, 0.2) is 57.4 Å². The molecule has 0 bridgehead atoms. The van der Waals surface area contributed by atoms with Gasteiger partial charge in [0.05, 0.1) is 44.4 Å². The monoisotopic (exact) mass is 830 g/mol. The molecule has 0 spiro atoms. The lowest BCUT2D eigenvalue weighted by molar-refractivity contribution is -0.254. The topological polar surface area (TPSA) is 122 Å². The van der Waals surface area contributed by atoms with E-state index in [0.717, 1.165) is 44.2 Å². The van der Waals surface area contributed by atoms with Gasteiger partial charge >= 0.3 is 17.8 Å². The standard InChI is InChI=1S/C35H20F6N6O4S4/c1-13-17(11-23(52-13)27-44-46-29(50-27)31-42-19-7-5-15(48-3)9-21(19)54-31)25-26(34(38,39)35(40,41)33(25,36)37)18-12-24(53-14(18)2)28-45-47-30(51-28)32-43-20-8-6-16(49-4)10-22(20)55-32/h5-12H,1-4H3. The number of thiazole rings is 2. The molecule has 0 saturated carbocycles. The van der Waals surface area contributed by atoms with Crippen molar-refractivity contribution in [2.75, 3.05) is 14.2 Å². The number of benzene rings is 2. The number of nitrogens with zero attached hydrogens (tertiary/aromatic N) is 6. The lowest BCUT2D eigenvalue weighted by Crippen LogP contribution is -2.48. The summed E-state index contributed by atoms with van der Waals surface area (Å²) in [5.41, 5.74) is -2.76. The fourth-order valence-corrected chi connectivity index (χ4v) is 9.90. The van der Waals surface area contributed by atoms with Crippen molar-refractivity contribution in [2.45, 2.75) is 31.6 Å². The number of hydrogen-bond donors (Lipinski definition) is 0. The van der Waals surface area contributed by atoms with Crippen molar-refractivity contribution < 1.29 is 44.7 Å². The van der Waals surface area contributed by atoms with E-state index in [4.69, 9.17) is 18.3 Å². The van der Waals surface area contributed by atoms with Gasteiger partial charge in [0.15, 0.2) is 10.0 Å². The average molecular weight is 831 g/mol. The van der Waals surface area contributed by atoms with Crippen LogP contribution in [0.4, 0.5) is 26.3 Å². The Bertz CT molecular complexity index is 2660. The number of aromatic nitrogens is 6. The van der Waals surface area contributed by atoms with E-state index in [1.807, 2.05) is 0 Å². The van der Waals surface area contributed by atoms with Crippen LogP contribution in [0, 0.1) is 13.8 Å². The second-order valence-electron chi connectivity index (χ2n) is 12.2. The van der Waals surface area contributed by atoms with Gasteiger partial charge < -0.3 is 18.3 Å². The highest BCUT2D eigenvalue weighted by Crippen LogP contribution is 2.66. The Kier molecular flexibility index (Phi) is 8.02. The number of ether oxygens (including phenoxy) is 2. The molecule has 9 rings (SSSR count). The minimum absolute atomic E-state index is 0.0147. The van der Waals surface area contributed by atoms with Gasteiger partial charge in [0, 0.05) is 20.9 Å². The van der Waals surface area contributed by atoms with Crippen LogP contribution in [0.25, 0.3) is 74.9 Å². The Morgan fingerprint density at radius 2 is 0.945 bits per heavy atom. The summed E-state index contributed by atoms with van der Waals surface area (Å²) in [6, 6.07) is 12.7. The zero-order valence-corrected chi connectivity index (χ0v) is 31.6. The molecule has 6 aromatic heterocycles. The molecule has 20 heteroatoms. The van der Waals surface area contributed by atoms with Crippen LogP contribution in [0.5, 0.6) is 11.5 Å². The summed E-state index contributed by atoms with van der Waals surface area (Å²) >= 11 is 4.18. The van der Waals surface area contributed by atoms with Gasteiger partial charge in [-0.2, -0.15) is 26.3 Å². The third-order valence-corrected chi connectivity index (χ3v) is 13.0. The second kappa shape index (κ2) is 12.4. The predicted molar refractivity (Wildman–Crippen MR) is 197 cm³/mol. The lowest BCUT2D eigenvalue weighted by Gasteiger charge is -2.25. The first-order chi connectivity index (χ1) is 26.2. The van der Waals surface area contributed by atoms with Crippen LogP contribution in [0.2, 0.25) is 0 Å². The maximum atomic E-state index is 15.9. The molecule has 0 fully saturated rings. The van der Waals surface area contributed by atoms with Crippen molar-refractivity contribution in [3.8, 4) is 54.8 Å². The van der Waals surface area contributed by atoms with Gasteiger partial charge in [-0.25, -0.2) is 9.97 Å². The van der Waals surface area contributed by atoms with E-state index in [2.05, 4.69) is 30.4 Å². The van der Waals surface area contributed by atoms with E-state index in [0.29, 0.717) is 32.5 Å². The van der Waals surface area contributed by atoms with Crippen LogP contribution in [0.1, 0.15) is 20.9 Å². The molecule has 0 saturated heterocycles. The lowest BCUT2D eigenvalue weighted by atomic mass is 9.95. The fraction of sp³-hybridized carbons (Fsp3) is 0.200. The molecule has 0 aliphatic heterocycles. The summed E-state index contributed by atoms with van der Waals surface area (Å²) in [6.45, 7) is 2.72. The summed E-state index contributed by atoms with van der Waals surface area (Å²) in [7, 11) is 3.06. The molecule has 8 aromatic rings. The summed E-state index contributed by atoms with van der Waals surface area (Å²) in [4.78, 5) is 9.27. The Morgan fingerprint density at radius 1 is 0.545 bits per heavy atom. The number of allylic oxidation sites excluding steroid dienone is 2. The van der Waals surface area contributed by atoms with Gasteiger partial charge in [-0.15, -0.1) is 65.7 Å². The molecule has 0 atom stereocenters. The molecule has 1 aliphatic rings. The SMILES string of the molecule is COc1ccc2nc(-c3nnc(-c4cc(C5=C(c6cc(-c7nnc(-c8nc9ccc(OC)cc9s8)o7)sc6C)C(F)(F)C(F)(F)C5(F)F)c(C)s4)o3)sc2c1. The summed E-state index contributed by atoms with van der Waals surface area (Å²) in [5, 5.41) is 16.8. The quantitative estimate of drug-likeness (QED) is 0.137. The van der Waals surface area contributed by atoms with E-state index in [1.54, 1.807) is 36.4 Å². The smallest absolute Gasteiger partial charge is 0.380 e. The summed E-state index contributed by atoms with van der Waals surface area (Å²) in [6.07, 6.45) is 0. The molecule has 280 valence electrons. The maximum Gasteiger partial charge on any atom is 0.380 e. The first-order valence-corrected chi connectivity index (χ1v) is 19.1. The molecule has 10 nitrogen and oxygen atoms in total. The van der Waals surface area contributed by atoms with Crippen molar-refractivity contribution in [1.82, 2.24) is 30.4 Å². The number of alkyl halides is 6. The zero-order valence-electron chi connectivity index (χ0n) is 28.3. The third-order valence-electron chi connectivity index (χ3n) is 8.87. The number of thiophene rings is 2. The normalized spacial score (nSPS) is 16.2. The molecule has 0 radical (unpaired) electrons. The fourth-order valence-electron chi connectivity index (χ4n) is 6.17. The van der Waals surface area contributed by atoms with E-state index in [1.165, 1.54) is 50.7 Å². The van der Waals surface area contributed by atoms with Gasteiger partial charge in [-0.1, -0.05) is 0 Å². The number of hydrogen-bond acceptors (Lipinski definition) is 14. The highest BCUT2D eigenvalue weighted by Gasteiger charge is 2.80. The van der Waals surface area contributed by atoms with Crippen LogP contribution in [-0.4, -0.2) is 62.3 Å². The Morgan fingerprint density at radius 3 is 1.35 bits per heavy atom. The highest BCUT2D eigenvalue weighted by atomic mass is 32.1. The van der Waals surface area contributed by atoms with E-state index < -0.39 is 40.0 Å². The highest BCUT2D eigenvalue weighted by molar-refractivity contribution is 7.22. The predicted octanol–water partition coefficient (Wildman–Crippen LogP) is 10.9. The number of methoxy groups -OCH3 is 2. The van der Waals surface area contributed by atoms with Crippen molar-refractivity contribution >= 4 is 76.9 Å². The zero-order chi connectivity index (χ0) is 38.6. The first kappa shape index (κ1) is 35.5. The number of rotatable bonds is 8. The van der Waals surface area contributed by atoms with Crippen molar-refractivity contribution in [3.63, 3.8) is 0 Å². The van der Waals surface area contributed by atoms with E-state index >= 15 is 26.3 Å². The van der Waals surface area contributed by atoms with Gasteiger partial charge in [0.25, 0.3) is 23.6 Å². The van der Waals surface area contributed by atoms with Gasteiger partial charge in [-0.05, 0) is 73.5 Å². The largest absolute Gasteiger partial charge is 0.497 e. The van der Waals surface area contributed by atoms with E-state index in [-0.39, 0.29) is 43.1 Å². The van der Waals surface area contributed by atoms with Crippen molar-refractivity contribution in [2.24, 2.45) is 0 Å². The summed E-state index contributed by atoms with van der Waals surface area (Å²) in [5.74, 6) is -15.3. The van der Waals surface area contributed by atoms with Crippen molar-refractivity contribution in [3.05, 3.63) is 69.4 Å². The van der Waals surface area contributed by atoms with E-state index in [9.17, 15) is 0 Å². The maximum absolute atomic E-state index is 15.9. The van der Waals surface area contributed by atoms with Crippen LogP contribution in [-0.2, 0) is 0 Å². The Hall–Kier alpha value is -5.18. The summed E-state index contributed by atoms with van der Waals surface area (Å²) < 4.78 is 118. The average Bonchev–Trinajstić information content (AvgIpc) is 4.01. The van der Waals surface area contributed by atoms with Gasteiger partial charge in [0.2, 0.25) is 0 Å². The Balaban J connectivity index is 1.10. The molecular formula is C35H20F6N6O4S4. The third kappa shape index (κ3) is 5.40. The van der Waals surface area contributed by atoms with Crippen LogP contribution < -0.4 is 9.47 Å². The number of halogens is 6. The number of aryl methyl sites for hydroxylation is 2. The van der Waals surface area contributed by atoms with Gasteiger partial charge in [0.1, 0.15) is 11.5 Å². The Labute approximate surface area is 320 Å². The molecule has 2 aromatic carbocycles. The van der Waals surface area contributed by atoms with Crippen LogP contribution >= 0.6 is 45.3 Å².